The topological polar surface area (TPSA) is 29.3 Å². The number of nitrogens with two attached hydrogens (primary N) is 1. The summed E-state index contributed by atoms with van der Waals surface area (Å²) in [4.78, 5) is 2.14. The predicted octanol–water partition coefficient (Wildman–Crippen LogP) is 2.72. The second kappa shape index (κ2) is 4.61. The van der Waals surface area contributed by atoms with Crippen LogP contribution < -0.4 is 10.6 Å². The van der Waals surface area contributed by atoms with E-state index in [-0.39, 0.29) is 5.82 Å². The molecule has 15 heavy (non-hydrogen) atoms. The highest BCUT2D eigenvalue weighted by Crippen LogP contribution is 2.30. The van der Waals surface area contributed by atoms with Gasteiger partial charge in [0, 0.05) is 30.7 Å². The number of benzene rings is 1. The van der Waals surface area contributed by atoms with Crippen molar-refractivity contribution in [3.8, 4) is 0 Å². The van der Waals surface area contributed by atoms with Crippen molar-refractivity contribution in [2.75, 3.05) is 35.2 Å². The first-order valence-corrected chi connectivity index (χ1v) is 6.70. The van der Waals surface area contributed by atoms with Gasteiger partial charge >= 0.3 is 0 Å². The molecule has 0 spiro atoms. The Hall–Kier alpha value is -0.420. The molecular formula is C10H12BrFN2S. The third kappa shape index (κ3) is 2.39. The van der Waals surface area contributed by atoms with E-state index in [4.69, 9.17) is 5.73 Å². The Morgan fingerprint density at radius 1 is 1.33 bits per heavy atom. The van der Waals surface area contributed by atoms with Crippen LogP contribution in [-0.2, 0) is 0 Å². The first kappa shape index (κ1) is 11.1. The second-order valence-corrected chi connectivity index (χ2v) is 5.50. The molecule has 1 saturated heterocycles. The van der Waals surface area contributed by atoms with Crippen LogP contribution in [-0.4, -0.2) is 24.6 Å². The van der Waals surface area contributed by atoms with Crippen molar-refractivity contribution in [2.24, 2.45) is 0 Å². The molecule has 0 aromatic heterocycles. The lowest BCUT2D eigenvalue weighted by molar-refractivity contribution is 0.620. The molecule has 0 saturated carbocycles. The monoisotopic (exact) mass is 290 g/mol. The van der Waals surface area contributed by atoms with Gasteiger partial charge in [-0.15, -0.1) is 0 Å². The molecule has 1 fully saturated rings. The molecule has 2 N–H and O–H groups in total. The molecule has 1 aromatic carbocycles. The van der Waals surface area contributed by atoms with Gasteiger partial charge in [-0.1, -0.05) is 0 Å². The van der Waals surface area contributed by atoms with Crippen LogP contribution in [0.1, 0.15) is 0 Å². The molecule has 82 valence electrons. The number of nitrogen functional groups attached to an aromatic ring is 1. The number of rotatable bonds is 1. The Labute approximate surface area is 101 Å². The molecule has 0 amide bonds. The van der Waals surface area contributed by atoms with Crippen molar-refractivity contribution < 1.29 is 4.39 Å². The standard InChI is InChI=1S/C10H12BrFN2S/c11-7-5-9(13)10(6-8(7)12)14-1-3-15-4-2-14/h5-6H,1-4,13H2. The summed E-state index contributed by atoms with van der Waals surface area (Å²) in [7, 11) is 0. The molecule has 1 heterocycles. The Balaban J connectivity index is 2.30. The Kier molecular flexibility index (Phi) is 3.41. The number of thioether (sulfide) groups is 1. The van der Waals surface area contributed by atoms with Crippen molar-refractivity contribution in [1.29, 1.82) is 0 Å². The third-order valence-electron chi connectivity index (χ3n) is 2.42. The zero-order chi connectivity index (χ0) is 10.8. The van der Waals surface area contributed by atoms with Crippen LogP contribution >= 0.6 is 27.7 Å². The van der Waals surface area contributed by atoms with Crippen LogP contribution in [0.2, 0.25) is 0 Å². The molecule has 0 atom stereocenters. The summed E-state index contributed by atoms with van der Waals surface area (Å²) in [6.07, 6.45) is 0. The minimum Gasteiger partial charge on any atom is -0.397 e. The van der Waals surface area contributed by atoms with Gasteiger partial charge in [-0.3, -0.25) is 0 Å². The minimum absolute atomic E-state index is 0.252. The Bertz CT molecular complexity index is 367. The van der Waals surface area contributed by atoms with Gasteiger partial charge in [-0.25, -0.2) is 4.39 Å². The van der Waals surface area contributed by atoms with Gasteiger partial charge in [-0.2, -0.15) is 11.8 Å². The van der Waals surface area contributed by atoms with E-state index in [1.165, 1.54) is 6.07 Å². The lowest BCUT2D eigenvalue weighted by atomic mass is 10.2. The largest absolute Gasteiger partial charge is 0.397 e. The first-order valence-electron chi connectivity index (χ1n) is 4.75. The van der Waals surface area contributed by atoms with Crippen LogP contribution in [0.25, 0.3) is 0 Å². The van der Waals surface area contributed by atoms with Gasteiger partial charge < -0.3 is 10.6 Å². The molecular weight excluding hydrogens is 279 g/mol. The highest BCUT2D eigenvalue weighted by Gasteiger charge is 2.15. The lowest BCUT2D eigenvalue weighted by Gasteiger charge is -2.29. The molecule has 0 bridgehead atoms. The van der Waals surface area contributed by atoms with Crippen molar-refractivity contribution >= 4 is 39.1 Å². The molecule has 0 aliphatic carbocycles. The minimum atomic E-state index is -0.252. The van der Waals surface area contributed by atoms with Gasteiger partial charge in [0.1, 0.15) is 5.82 Å². The zero-order valence-corrected chi connectivity index (χ0v) is 10.6. The molecule has 5 heteroatoms. The van der Waals surface area contributed by atoms with Crippen molar-refractivity contribution in [3.63, 3.8) is 0 Å². The highest BCUT2D eigenvalue weighted by molar-refractivity contribution is 9.10. The third-order valence-corrected chi connectivity index (χ3v) is 3.97. The molecule has 1 aliphatic rings. The molecule has 2 rings (SSSR count). The average Bonchev–Trinajstić information content (AvgIpc) is 2.25. The summed E-state index contributed by atoms with van der Waals surface area (Å²) in [5.41, 5.74) is 7.33. The van der Waals surface area contributed by atoms with E-state index in [0.717, 1.165) is 30.3 Å². The summed E-state index contributed by atoms with van der Waals surface area (Å²) in [6, 6.07) is 3.14. The molecule has 0 unspecified atom stereocenters. The predicted molar refractivity (Wildman–Crippen MR) is 68.1 cm³/mol. The summed E-state index contributed by atoms with van der Waals surface area (Å²) >= 11 is 5.05. The van der Waals surface area contributed by atoms with E-state index in [0.29, 0.717) is 10.2 Å². The van der Waals surface area contributed by atoms with Gasteiger partial charge in [0.25, 0.3) is 0 Å². The van der Waals surface area contributed by atoms with Gasteiger partial charge in [0.05, 0.1) is 15.8 Å². The Morgan fingerprint density at radius 3 is 2.67 bits per heavy atom. The van der Waals surface area contributed by atoms with Crippen LogP contribution in [0, 0.1) is 5.82 Å². The maximum atomic E-state index is 13.4. The lowest BCUT2D eigenvalue weighted by Crippen LogP contribution is -2.33. The van der Waals surface area contributed by atoms with E-state index in [2.05, 4.69) is 20.8 Å². The quantitative estimate of drug-likeness (QED) is 0.807. The fourth-order valence-electron chi connectivity index (χ4n) is 1.63. The number of hydrogen-bond donors (Lipinski definition) is 1. The summed E-state index contributed by atoms with van der Waals surface area (Å²) < 4.78 is 13.8. The van der Waals surface area contributed by atoms with Crippen LogP contribution in [0.5, 0.6) is 0 Å². The molecule has 1 aliphatic heterocycles. The summed E-state index contributed by atoms with van der Waals surface area (Å²) in [5.74, 6) is 1.91. The number of halogens is 2. The molecule has 2 nitrogen and oxygen atoms in total. The summed E-state index contributed by atoms with van der Waals surface area (Å²) in [5, 5.41) is 0. The maximum absolute atomic E-state index is 13.4. The van der Waals surface area contributed by atoms with Gasteiger partial charge in [0.2, 0.25) is 0 Å². The maximum Gasteiger partial charge on any atom is 0.139 e. The van der Waals surface area contributed by atoms with E-state index in [9.17, 15) is 4.39 Å². The zero-order valence-electron chi connectivity index (χ0n) is 8.17. The molecule has 0 radical (unpaired) electrons. The van der Waals surface area contributed by atoms with Crippen molar-refractivity contribution in [1.82, 2.24) is 0 Å². The smallest absolute Gasteiger partial charge is 0.139 e. The Morgan fingerprint density at radius 2 is 2.00 bits per heavy atom. The van der Waals surface area contributed by atoms with E-state index < -0.39 is 0 Å². The highest BCUT2D eigenvalue weighted by atomic mass is 79.9. The van der Waals surface area contributed by atoms with E-state index >= 15 is 0 Å². The number of anilines is 2. The van der Waals surface area contributed by atoms with Gasteiger partial charge in [-0.05, 0) is 22.0 Å². The van der Waals surface area contributed by atoms with Crippen LogP contribution in [0.15, 0.2) is 16.6 Å². The van der Waals surface area contributed by atoms with Crippen LogP contribution in [0.4, 0.5) is 15.8 Å². The van der Waals surface area contributed by atoms with Crippen molar-refractivity contribution in [3.05, 3.63) is 22.4 Å². The average molecular weight is 291 g/mol. The summed E-state index contributed by atoms with van der Waals surface area (Å²) in [6.45, 7) is 1.88. The fourth-order valence-corrected chi connectivity index (χ4v) is 2.89. The fraction of sp³-hybridized carbons (Fsp3) is 0.400. The normalized spacial score (nSPS) is 16.8. The second-order valence-electron chi connectivity index (χ2n) is 3.42. The van der Waals surface area contributed by atoms with Crippen molar-refractivity contribution in [2.45, 2.75) is 0 Å². The molecule has 1 aromatic rings. The first-order chi connectivity index (χ1) is 7.18. The number of nitrogens with zero attached hydrogens (tertiary/aromatic N) is 1. The van der Waals surface area contributed by atoms with E-state index in [1.807, 2.05) is 11.8 Å². The van der Waals surface area contributed by atoms with Gasteiger partial charge in [0.15, 0.2) is 0 Å². The van der Waals surface area contributed by atoms with Crippen LogP contribution in [0.3, 0.4) is 0 Å². The SMILES string of the molecule is Nc1cc(Br)c(F)cc1N1CCSCC1. The van der Waals surface area contributed by atoms with E-state index in [1.54, 1.807) is 6.07 Å². The number of hydrogen-bond acceptors (Lipinski definition) is 3.